The number of carbonyl (C=O) groups is 1. The molecule has 0 unspecified atom stereocenters. The van der Waals surface area contributed by atoms with Crippen molar-refractivity contribution in [2.24, 2.45) is 5.10 Å². The lowest BCUT2D eigenvalue weighted by atomic mass is 9.99. The van der Waals surface area contributed by atoms with E-state index in [1.54, 1.807) is 0 Å². The van der Waals surface area contributed by atoms with Crippen molar-refractivity contribution < 1.29 is 9.42 Å². The van der Waals surface area contributed by atoms with Gasteiger partial charge in [-0.3, -0.25) is 9.69 Å². The summed E-state index contributed by atoms with van der Waals surface area (Å²) in [4.78, 5) is 15.0. The molecule has 0 spiro atoms. The summed E-state index contributed by atoms with van der Waals surface area (Å²) in [6, 6.07) is 0. The molecule has 4 rings (SSSR count). The normalized spacial score (nSPS) is 18.2. The first-order chi connectivity index (χ1) is 13.7. The average molecular weight is 387 g/mol. The van der Waals surface area contributed by atoms with Crippen LogP contribution in [0.3, 0.4) is 0 Å². The summed E-state index contributed by atoms with van der Waals surface area (Å²) >= 11 is 0. The Balaban J connectivity index is 1.59. The highest BCUT2D eigenvalue weighted by Crippen LogP contribution is 2.20. The van der Waals surface area contributed by atoms with Crippen LogP contribution in [0.2, 0.25) is 0 Å². The van der Waals surface area contributed by atoms with Crippen molar-refractivity contribution in [2.45, 2.75) is 57.9 Å². The number of piperidine rings is 1. The fraction of sp³-hybridized carbons (Fsp3) is 0.647. The van der Waals surface area contributed by atoms with Gasteiger partial charge in [0, 0.05) is 12.3 Å². The highest BCUT2D eigenvalue weighted by molar-refractivity contribution is 5.95. The molecular formula is C17H25N9O2. The van der Waals surface area contributed by atoms with Gasteiger partial charge in [-0.05, 0) is 61.9 Å². The van der Waals surface area contributed by atoms with E-state index in [1.807, 2.05) is 0 Å². The van der Waals surface area contributed by atoms with E-state index in [1.165, 1.54) is 17.5 Å². The number of hydrogen-bond donors (Lipinski definition) is 2. The number of nitrogen functional groups attached to an aromatic ring is 1. The van der Waals surface area contributed by atoms with Gasteiger partial charge in [0.2, 0.25) is 11.6 Å². The molecule has 0 atom stereocenters. The van der Waals surface area contributed by atoms with Crippen molar-refractivity contribution in [3.63, 3.8) is 0 Å². The van der Waals surface area contributed by atoms with E-state index < -0.39 is 0 Å². The molecule has 11 heteroatoms. The second kappa shape index (κ2) is 8.46. The van der Waals surface area contributed by atoms with Crippen LogP contribution in [-0.4, -0.2) is 54.9 Å². The van der Waals surface area contributed by atoms with E-state index >= 15 is 0 Å². The van der Waals surface area contributed by atoms with Gasteiger partial charge in [-0.2, -0.15) is 9.78 Å². The Bertz CT molecular complexity index is 843. The van der Waals surface area contributed by atoms with Crippen LogP contribution in [0.5, 0.6) is 0 Å². The monoisotopic (exact) mass is 387 g/mol. The number of hydrogen-bond acceptors (Lipinski definition) is 9. The Kier molecular flexibility index (Phi) is 5.60. The van der Waals surface area contributed by atoms with Crippen LogP contribution in [0.4, 0.5) is 5.82 Å². The predicted octanol–water partition coefficient (Wildman–Crippen LogP) is 1.27. The zero-order chi connectivity index (χ0) is 19.3. The maximum atomic E-state index is 12.8. The lowest BCUT2D eigenvalue weighted by molar-refractivity contribution is 0.0946. The average Bonchev–Trinajstić information content (AvgIpc) is 3.33. The molecule has 1 aliphatic heterocycles. The highest BCUT2D eigenvalue weighted by atomic mass is 16.6. The van der Waals surface area contributed by atoms with Crippen molar-refractivity contribution in [1.29, 1.82) is 0 Å². The van der Waals surface area contributed by atoms with E-state index in [0.29, 0.717) is 12.2 Å². The second-order valence-corrected chi connectivity index (χ2v) is 7.29. The zero-order valence-corrected chi connectivity index (χ0v) is 15.8. The van der Waals surface area contributed by atoms with E-state index in [9.17, 15) is 4.79 Å². The van der Waals surface area contributed by atoms with Gasteiger partial charge in [-0.25, -0.2) is 10.1 Å². The van der Waals surface area contributed by atoms with Crippen molar-refractivity contribution in [3.05, 3.63) is 11.4 Å². The molecule has 11 nitrogen and oxygen atoms in total. The number of nitrogens with two attached hydrogens (primary N) is 1. The van der Waals surface area contributed by atoms with Crippen LogP contribution in [0, 0.1) is 0 Å². The Morgan fingerprint density at radius 1 is 1.11 bits per heavy atom. The molecular weight excluding hydrogens is 362 g/mol. The molecule has 1 amide bonds. The molecule has 2 aromatic heterocycles. The molecule has 2 fully saturated rings. The van der Waals surface area contributed by atoms with E-state index in [4.69, 9.17) is 10.4 Å². The minimum atomic E-state index is -0.383. The summed E-state index contributed by atoms with van der Waals surface area (Å²) in [6.07, 6.45) is 8.78. The SMILES string of the molecule is Nc1nonc1-n1nnc(C(=O)NN=C2CCCCC2)c1CN1CCCCC1. The number of rotatable bonds is 5. The van der Waals surface area contributed by atoms with Crippen molar-refractivity contribution >= 4 is 17.4 Å². The van der Waals surface area contributed by atoms with Gasteiger partial charge >= 0.3 is 0 Å². The molecule has 0 radical (unpaired) electrons. The van der Waals surface area contributed by atoms with Crippen LogP contribution >= 0.6 is 0 Å². The summed E-state index contributed by atoms with van der Waals surface area (Å²) < 4.78 is 6.13. The quantitative estimate of drug-likeness (QED) is 0.731. The number of carbonyl (C=O) groups excluding carboxylic acids is 1. The summed E-state index contributed by atoms with van der Waals surface area (Å²) in [5.41, 5.74) is 10.3. The lowest BCUT2D eigenvalue weighted by Gasteiger charge is -2.26. The molecule has 3 heterocycles. The van der Waals surface area contributed by atoms with Crippen molar-refractivity contribution in [3.8, 4) is 5.82 Å². The molecule has 0 aromatic carbocycles. The van der Waals surface area contributed by atoms with Gasteiger partial charge in [0.15, 0.2) is 5.69 Å². The van der Waals surface area contributed by atoms with Crippen molar-refractivity contribution in [1.82, 2.24) is 35.6 Å². The first-order valence-electron chi connectivity index (χ1n) is 9.83. The van der Waals surface area contributed by atoms with E-state index in [0.717, 1.165) is 57.3 Å². The largest absolute Gasteiger partial charge is 0.378 e. The van der Waals surface area contributed by atoms with Gasteiger partial charge in [0.1, 0.15) is 0 Å². The number of aromatic nitrogens is 5. The third-order valence-corrected chi connectivity index (χ3v) is 5.24. The van der Waals surface area contributed by atoms with Gasteiger partial charge in [0.05, 0.1) is 5.69 Å². The summed E-state index contributed by atoms with van der Waals surface area (Å²) in [5.74, 6) is -0.0530. The molecule has 28 heavy (non-hydrogen) atoms. The maximum absolute atomic E-state index is 12.8. The summed E-state index contributed by atoms with van der Waals surface area (Å²) in [5, 5.41) is 19.9. The number of amides is 1. The Labute approximate surface area is 162 Å². The maximum Gasteiger partial charge on any atom is 0.293 e. The molecule has 1 aliphatic carbocycles. The smallest absolute Gasteiger partial charge is 0.293 e. The first kappa shape index (κ1) is 18.5. The fourth-order valence-corrected chi connectivity index (χ4v) is 3.71. The standard InChI is InChI=1S/C17H25N9O2/c18-15-16(23-28-22-15)26-13(11-25-9-5-2-6-10-25)14(20-24-26)17(27)21-19-12-7-3-1-4-8-12/h1-11H2,(H2,18,22)(H,21,27). The Morgan fingerprint density at radius 2 is 1.86 bits per heavy atom. The molecule has 3 N–H and O–H groups in total. The fourth-order valence-electron chi connectivity index (χ4n) is 3.71. The first-order valence-corrected chi connectivity index (χ1v) is 9.83. The molecule has 2 aromatic rings. The van der Waals surface area contributed by atoms with Gasteiger partial charge in [0.25, 0.3) is 5.91 Å². The lowest BCUT2D eigenvalue weighted by Crippen LogP contribution is -2.31. The summed E-state index contributed by atoms with van der Waals surface area (Å²) in [6.45, 7) is 2.43. The van der Waals surface area contributed by atoms with Crippen LogP contribution in [0.1, 0.15) is 67.5 Å². The number of anilines is 1. The second-order valence-electron chi connectivity index (χ2n) is 7.29. The van der Waals surface area contributed by atoms with Gasteiger partial charge in [-0.15, -0.1) is 5.10 Å². The molecule has 150 valence electrons. The molecule has 2 aliphatic rings. The van der Waals surface area contributed by atoms with E-state index in [-0.39, 0.29) is 23.2 Å². The highest BCUT2D eigenvalue weighted by Gasteiger charge is 2.26. The summed E-state index contributed by atoms with van der Waals surface area (Å²) in [7, 11) is 0. The Hall–Kier alpha value is -2.82. The number of likely N-dealkylation sites (tertiary alicyclic amines) is 1. The molecule has 1 saturated heterocycles. The van der Waals surface area contributed by atoms with E-state index in [2.05, 4.69) is 36.1 Å². The number of nitrogens with zero attached hydrogens (tertiary/aromatic N) is 7. The minimum absolute atomic E-state index is 0.0965. The van der Waals surface area contributed by atoms with Crippen LogP contribution < -0.4 is 11.2 Å². The minimum Gasteiger partial charge on any atom is -0.378 e. The predicted molar refractivity (Wildman–Crippen MR) is 101 cm³/mol. The number of nitrogens with one attached hydrogen (secondary N) is 1. The van der Waals surface area contributed by atoms with Gasteiger partial charge < -0.3 is 5.73 Å². The molecule has 1 saturated carbocycles. The van der Waals surface area contributed by atoms with Crippen LogP contribution in [-0.2, 0) is 6.54 Å². The van der Waals surface area contributed by atoms with Crippen molar-refractivity contribution in [2.75, 3.05) is 18.8 Å². The molecule has 0 bridgehead atoms. The zero-order valence-electron chi connectivity index (χ0n) is 15.8. The third kappa shape index (κ3) is 4.03. The number of hydrazone groups is 1. The topological polar surface area (TPSA) is 140 Å². The van der Waals surface area contributed by atoms with Gasteiger partial charge in [-0.1, -0.05) is 18.1 Å². The third-order valence-electron chi connectivity index (χ3n) is 5.24. The van der Waals surface area contributed by atoms with Crippen LogP contribution in [0.15, 0.2) is 9.73 Å². The Morgan fingerprint density at radius 3 is 2.57 bits per heavy atom. The van der Waals surface area contributed by atoms with Crippen LogP contribution in [0.25, 0.3) is 5.82 Å².